The van der Waals surface area contributed by atoms with E-state index in [9.17, 15) is 9.59 Å². The minimum Gasteiger partial charge on any atom is -0.492 e. The highest BCUT2D eigenvalue weighted by Crippen LogP contribution is 2.38. The molecule has 0 aromatic heterocycles. The number of hydrogen-bond donors (Lipinski definition) is 2. The van der Waals surface area contributed by atoms with Gasteiger partial charge < -0.3 is 15.2 Å². The molecule has 0 saturated heterocycles. The van der Waals surface area contributed by atoms with Crippen LogP contribution in [0.1, 0.15) is 6.42 Å². The second-order valence-electron chi connectivity index (χ2n) is 5.44. The monoisotopic (exact) mass is 299 g/mol. The smallest absolute Gasteiger partial charge is 0.307 e. The number of hydrogen-bond acceptors (Lipinski definition) is 3. The lowest BCUT2D eigenvalue weighted by Gasteiger charge is -2.08. The van der Waals surface area contributed by atoms with E-state index < -0.39 is 11.9 Å². The summed E-state index contributed by atoms with van der Waals surface area (Å²) >= 11 is 0. The van der Waals surface area contributed by atoms with Crippen molar-refractivity contribution in [2.75, 3.05) is 13.2 Å². The van der Waals surface area contributed by atoms with Gasteiger partial charge in [0, 0.05) is 0 Å². The standard InChI is InChI=1S/C17H17NO4/c19-16(14-10-15(14)17(20)21)18-7-8-22-13-6-5-11-3-1-2-4-12(11)9-13/h1-6,9,14-15H,7-8,10H2,(H,18,19)(H,20,21). The maximum Gasteiger partial charge on any atom is 0.307 e. The lowest BCUT2D eigenvalue weighted by atomic mass is 10.1. The Labute approximate surface area is 127 Å². The van der Waals surface area contributed by atoms with Crippen molar-refractivity contribution >= 4 is 22.6 Å². The Bertz CT molecular complexity index is 713. The summed E-state index contributed by atoms with van der Waals surface area (Å²) in [5, 5.41) is 13.7. The Morgan fingerprint density at radius 1 is 1.14 bits per heavy atom. The van der Waals surface area contributed by atoms with Gasteiger partial charge >= 0.3 is 5.97 Å². The molecule has 1 saturated carbocycles. The first kappa shape index (κ1) is 14.4. The number of aliphatic carboxylic acids is 1. The lowest BCUT2D eigenvalue weighted by Crippen LogP contribution is -2.30. The average Bonchev–Trinajstić information content (AvgIpc) is 3.32. The van der Waals surface area contributed by atoms with Gasteiger partial charge in [-0.25, -0.2) is 0 Å². The summed E-state index contributed by atoms with van der Waals surface area (Å²) in [4.78, 5) is 22.4. The fourth-order valence-corrected chi connectivity index (χ4v) is 2.49. The second kappa shape index (κ2) is 6.05. The molecular formula is C17H17NO4. The van der Waals surface area contributed by atoms with Crippen molar-refractivity contribution in [1.29, 1.82) is 0 Å². The molecule has 3 rings (SSSR count). The molecule has 1 amide bonds. The molecule has 2 aromatic carbocycles. The van der Waals surface area contributed by atoms with Crippen LogP contribution in [0.5, 0.6) is 5.75 Å². The predicted molar refractivity (Wildman–Crippen MR) is 81.7 cm³/mol. The summed E-state index contributed by atoms with van der Waals surface area (Å²) < 4.78 is 5.61. The van der Waals surface area contributed by atoms with Crippen molar-refractivity contribution in [1.82, 2.24) is 5.32 Å². The van der Waals surface area contributed by atoms with E-state index in [1.807, 2.05) is 42.5 Å². The Hall–Kier alpha value is -2.56. The molecule has 1 fully saturated rings. The highest BCUT2D eigenvalue weighted by atomic mass is 16.5. The second-order valence-corrected chi connectivity index (χ2v) is 5.44. The average molecular weight is 299 g/mol. The maximum absolute atomic E-state index is 11.7. The van der Waals surface area contributed by atoms with Crippen LogP contribution >= 0.6 is 0 Å². The Morgan fingerprint density at radius 3 is 2.64 bits per heavy atom. The van der Waals surface area contributed by atoms with Gasteiger partial charge in [-0.05, 0) is 29.3 Å². The van der Waals surface area contributed by atoms with Crippen LogP contribution in [0.3, 0.4) is 0 Å². The van der Waals surface area contributed by atoms with Gasteiger partial charge in [-0.15, -0.1) is 0 Å². The van der Waals surface area contributed by atoms with Crippen LogP contribution in [0.2, 0.25) is 0 Å². The molecule has 0 bridgehead atoms. The first-order valence-corrected chi connectivity index (χ1v) is 7.27. The van der Waals surface area contributed by atoms with Crippen LogP contribution in [-0.2, 0) is 9.59 Å². The summed E-state index contributed by atoms with van der Waals surface area (Å²) in [5.41, 5.74) is 0. The van der Waals surface area contributed by atoms with E-state index in [2.05, 4.69) is 5.32 Å². The molecule has 0 heterocycles. The molecule has 0 radical (unpaired) electrons. The zero-order chi connectivity index (χ0) is 15.5. The van der Waals surface area contributed by atoms with E-state index >= 15 is 0 Å². The van der Waals surface area contributed by atoms with Crippen LogP contribution in [0.4, 0.5) is 0 Å². The Kier molecular flexibility index (Phi) is 3.96. The number of nitrogens with one attached hydrogen (secondary N) is 1. The van der Waals surface area contributed by atoms with Gasteiger partial charge in [0.2, 0.25) is 5.91 Å². The molecule has 22 heavy (non-hydrogen) atoms. The van der Waals surface area contributed by atoms with Crippen molar-refractivity contribution in [2.24, 2.45) is 11.8 Å². The molecule has 114 valence electrons. The zero-order valence-corrected chi connectivity index (χ0v) is 12.0. The van der Waals surface area contributed by atoms with Gasteiger partial charge in [0.05, 0.1) is 18.4 Å². The van der Waals surface area contributed by atoms with Crippen LogP contribution in [0, 0.1) is 11.8 Å². The third kappa shape index (κ3) is 3.19. The number of fused-ring (bicyclic) bond motifs is 1. The number of carboxylic acid groups (broad SMARTS) is 1. The van der Waals surface area contributed by atoms with Gasteiger partial charge in [0.1, 0.15) is 12.4 Å². The highest BCUT2D eigenvalue weighted by molar-refractivity contribution is 5.89. The number of carbonyl (C=O) groups is 2. The molecule has 2 unspecified atom stereocenters. The minimum atomic E-state index is -0.896. The first-order chi connectivity index (χ1) is 10.6. The third-order valence-electron chi connectivity index (χ3n) is 3.84. The lowest BCUT2D eigenvalue weighted by molar-refractivity contribution is -0.140. The number of benzene rings is 2. The van der Waals surface area contributed by atoms with Gasteiger partial charge in [0.25, 0.3) is 0 Å². The number of rotatable bonds is 6. The minimum absolute atomic E-state index is 0.200. The van der Waals surface area contributed by atoms with Crippen LogP contribution in [0.25, 0.3) is 10.8 Å². The first-order valence-electron chi connectivity index (χ1n) is 7.27. The van der Waals surface area contributed by atoms with Gasteiger partial charge in [0.15, 0.2) is 0 Å². The number of carbonyl (C=O) groups excluding carboxylic acids is 1. The fraction of sp³-hybridized carbons (Fsp3) is 0.294. The normalized spacial score (nSPS) is 19.6. The summed E-state index contributed by atoms with van der Waals surface area (Å²) in [6, 6.07) is 13.9. The van der Waals surface area contributed by atoms with Crippen LogP contribution in [-0.4, -0.2) is 30.1 Å². The van der Waals surface area contributed by atoms with E-state index in [1.54, 1.807) is 0 Å². The molecule has 5 heteroatoms. The van der Waals surface area contributed by atoms with Crippen molar-refractivity contribution in [3.8, 4) is 5.75 Å². The van der Waals surface area contributed by atoms with Gasteiger partial charge in [-0.1, -0.05) is 30.3 Å². The molecule has 5 nitrogen and oxygen atoms in total. The highest BCUT2D eigenvalue weighted by Gasteiger charge is 2.48. The van der Waals surface area contributed by atoms with Crippen molar-refractivity contribution in [2.45, 2.75) is 6.42 Å². The zero-order valence-electron chi connectivity index (χ0n) is 12.0. The number of carboxylic acids is 1. The number of ether oxygens (including phenoxy) is 1. The SMILES string of the molecule is O=C(O)C1CC1C(=O)NCCOc1ccc2ccccc2c1. The van der Waals surface area contributed by atoms with Crippen molar-refractivity contribution < 1.29 is 19.4 Å². The van der Waals surface area contributed by atoms with E-state index in [1.165, 1.54) is 0 Å². The molecule has 0 aliphatic heterocycles. The molecule has 2 aromatic rings. The molecule has 2 N–H and O–H groups in total. The summed E-state index contributed by atoms with van der Waals surface area (Å²) in [5.74, 6) is -1.23. The molecule has 0 spiro atoms. The largest absolute Gasteiger partial charge is 0.492 e. The predicted octanol–water partition coefficient (Wildman–Crippen LogP) is 2.06. The van der Waals surface area contributed by atoms with Gasteiger partial charge in [-0.3, -0.25) is 9.59 Å². The van der Waals surface area contributed by atoms with Gasteiger partial charge in [-0.2, -0.15) is 0 Å². The molecule has 1 aliphatic carbocycles. The van der Waals surface area contributed by atoms with Crippen LogP contribution in [0.15, 0.2) is 42.5 Å². The summed E-state index contributed by atoms with van der Waals surface area (Å²) in [6.07, 6.45) is 0.437. The van der Waals surface area contributed by atoms with Crippen molar-refractivity contribution in [3.63, 3.8) is 0 Å². The Balaban J connectivity index is 1.44. The summed E-state index contributed by atoms with van der Waals surface area (Å²) in [6.45, 7) is 0.725. The third-order valence-corrected chi connectivity index (χ3v) is 3.84. The number of amides is 1. The van der Waals surface area contributed by atoms with E-state index in [0.29, 0.717) is 19.6 Å². The topological polar surface area (TPSA) is 75.6 Å². The fourth-order valence-electron chi connectivity index (χ4n) is 2.49. The molecule has 2 atom stereocenters. The van der Waals surface area contributed by atoms with E-state index in [0.717, 1.165) is 16.5 Å². The Morgan fingerprint density at radius 2 is 1.91 bits per heavy atom. The molecular weight excluding hydrogens is 282 g/mol. The quantitative estimate of drug-likeness (QED) is 0.801. The molecule has 1 aliphatic rings. The summed E-state index contributed by atoms with van der Waals surface area (Å²) in [7, 11) is 0. The van der Waals surface area contributed by atoms with E-state index in [-0.39, 0.29) is 11.8 Å². The van der Waals surface area contributed by atoms with Crippen molar-refractivity contribution in [3.05, 3.63) is 42.5 Å². The maximum atomic E-state index is 11.7. The van der Waals surface area contributed by atoms with Crippen LogP contribution < -0.4 is 10.1 Å². The van der Waals surface area contributed by atoms with E-state index in [4.69, 9.17) is 9.84 Å².